The molecule has 15 heavy (non-hydrogen) atoms. The number of carbonyl (C=O) groups is 2. The smallest absolute Gasteiger partial charge is 0.306 e. The van der Waals surface area contributed by atoms with Gasteiger partial charge in [0.15, 0.2) is 5.78 Å². The normalized spacial score (nSPS) is 10.4. The Labute approximate surface area is 84.1 Å². The molecule has 0 atom stereocenters. The number of Topliss-reactive ketones (excluding diaryl/α,β-unsaturated/α-hetero) is 1. The van der Waals surface area contributed by atoms with Crippen molar-refractivity contribution in [2.24, 2.45) is 0 Å². The number of rotatable bonds is 3. The maximum atomic E-state index is 11.4. The first kappa shape index (κ1) is 9.39. The summed E-state index contributed by atoms with van der Waals surface area (Å²) in [5.74, 6) is -0.256. The van der Waals surface area contributed by atoms with E-state index in [1.807, 2.05) is 0 Å². The van der Waals surface area contributed by atoms with Gasteiger partial charge in [0.2, 0.25) is 0 Å². The Morgan fingerprint density at radius 1 is 1.27 bits per heavy atom. The van der Waals surface area contributed by atoms with Crippen LogP contribution in [0.2, 0.25) is 0 Å². The summed E-state index contributed by atoms with van der Waals surface area (Å²) < 4.78 is 0. The zero-order chi connectivity index (χ0) is 10.8. The van der Waals surface area contributed by atoms with Gasteiger partial charge in [-0.1, -0.05) is 0 Å². The van der Waals surface area contributed by atoms with Crippen LogP contribution in [0.1, 0.15) is 16.8 Å². The Morgan fingerprint density at radius 3 is 2.73 bits per heavy atom. The summed E-state index contributed by atoms with van der Waals surface area (Å²) in [5, 5.41) is 0. The molecule has 76 valence electrons. The lowest BCUT2D eigenvalue weighted by molar-refractivity contribution is -0.107. The molecule has 2 rings (SSSR count). The Balaban J connectivity index is 2.50. The number of hydrogen-bond acceptors (Lipinski definition) is 3. The number of nitrogens with one attached hydrogen (secondary N) is 2. The number of imidazole rings is 1. The average Bonchev–Trinajstić information content (AvgIpc) is 2.57. The van der Waals surface area contributed by atoms with Gasteiger partial charge in [0.25, 0.3) is 0 Å². The topological polar surface area (TPSA) is 82.8 Å². The van der Waals surface area contributed by atoms with Crippen molar-refractivity contribution in [2.75, 3.05) is 0 Å². The van der Waals surface area contributed by atoms with E-state index in [9.17, 15) is 14.4 Å². The van der Waals surface area contributed by atoms with Crippen LogP contribution < -0.4 is 5.69 Å². The largest absolute Gasteiger partial charge is 0.323 e. The molecule has 0 bridgehead atoms. The quantitative estimate of drug-likeness (QED) is 0.437. The highest BCUT2D eigenvalue weighted by molar-refractivity contribution is 6.04. The fourth-order valence-electron chi connectivity index (χ4n) is 1.40. The molecule has 0 radical (unpaired) electrons. The van der Waals surface area contributed by atoms with E-state index in [1.165, 1.54) is 0 Å². The predicted molar refractivity (Wildman–Crippen MR) is 53.9 cm³/mol. The zero-order valence-electron chi connectivity index (χ0n) is 7.74. The van der Waals surface area contributed by atoms with E-state index >= 15 is 0 Å². The lowest BCUT2D eigenvalue weighted by atomic mass is 10.1. The molecular weight excluding hydrogens is 196 g/mol. The molecule has 2 N–H and O–H groups in total. The van der Waals surface area contributed by atoms with Crippen molar-refractivity contribution in [1.82, 2.24) is 9.97 Å². The van der Waals surface area contributed by atoms with Gasteiger partial charge in [-0.2, -0.15) is 0 Å². The van der Waals surface area contributed by atoms with Gasteiger partial charge in [0, 0.05) is 5.56 Å². The molecule has 0 unspecified atom stereocenters. The summed E-state index contributed by atoms with van der Waals surface area (Å²) in [4.78, 5) is 37.6. The predicted octanol–water partition coefficient (Wildman–Crippen LogP) is 0.628. The van der Waals surface area contributed by atoms with E-state index < -0.39 is 0 Å². The summed E-state index contributed by atoms with van der Waals surface area (Å²) in [6, 6.07) is 4.77. The van der Waals surface area contributed by atoms with Crippen LogP contribution in [-0.4, -0.2) is 22.0 Å². The number of benzene rings is 1. The second kappa shape index (κ2) is 3.53. The van der Waals surface area contributed by atoms with Crippen LogP contribution >= 0.6 is 0 Å². The van der Waals surface area contributed by atoms with E-state index in [1.54, 1.807) is 18.2 Å². The van der Waals surface area contributed by atoms with Crippen LogP contribution in [0.25, 0.3) is 11.0 Å². The second-order valence-corrected chi connectivity index (χ2v) is 3.13. The summed E-state index contributed by atoms with van der Waals surface area (Å²) in [6.45, 7) is 0. The fraction of sp³-hybridized carbons (Fsp3) is 0.100. The minimum Gasteiger partial charge on any atom is -0.306 e. The van der Waals surface area contributed by atoms with Crippen LogP contribution in [0.4, 0.5) is 0 Å². The SMILES string of the molecule is O=CCC(=O)c1ccc2[nH]c(=O)[nH]c2c1. The molecule has 1 heterocycles. The molecule has 0 aliphatic carbocycles. The molecular formula is C10H8N2O3. The van der Waals surface area contributed by atoms with Crippen molar-refractivity contribution in [2.45, 2.75) is 6.42 Å². The summed E-state index contributed by atoms with van der Waals surface area (Å²) in [7, 11) is 0. The maximum absolute atomic E-state index is 11.4. The van der Waals surface area contributed by atoms with Gasteiger partial charge in [0.05, 0.1) is 17.5 Å². The molecule has 0 aliphatic heterocycles. The minimum atomic E-state index is -0.315. The van der Waals surface area contributed by atoms with Crippen molar-refractivity contribution in [1.29, 1.82) is 0 Å². The zero-order valence-corrected chi connectivity index (χ0v) is 7.74. The Bertz CT molecular complexity index is 580. The highest BCUT2D eigenvalue weighted by Gasteiger charge is 2.06. The first-order valence-electron chi connectivity index (χ1n) is 4.39. The van der Waals surface area contributed by atoms with Gasteiger partial charge < -0.3 is 14.8 Å². The molecule has 0 amide bonds. The number of aldehydes is 1. The number of fused-ring (bicyclic) bond motifs is 1. The lowest BCUT2D eigenvalue weighted by Gasteiger charge is -1.96. The molecule has 1 aromatic carbocycles. The highest BCUT2D eigenvalue weighted by atomic mass is 16.1. The average molecular weight is 204 g/mol. The van der Waals surface area contributed by atoms with Gasteiger partial charge in [-0.25, -0.2) is 4.79 Å². The van der Waals surface area contributed by atoms with E-state index in [4.69, 9.17) is 0 Å². The number of ketones is 1. The van der Waals surface area contributed by atoms with E-state index in [0.29, 0.717) is 22.9 Å². The highest BCUT2D eigenvalue weighted by Crippen LogP contribution is 2.11. The monoisotopic (exact) mass is 204 g/mol. The summed E-state index contributed by atoms with van der Waals surface area (Å²) in [5.41, 5.74) is 1.31. The number of hydrogen-bond donors (Lipinski definition) is 2. The van der Waals surface area contributed by atoms with E-state index in [2.05, 4.69) is 9.97 Å². The third-order valence-corrected chi connectivity index (χ3v) is 2.11. The molecule has 1 aromatic heterocycles. The molecule has 0 spiro atoms. The van der Waals surface area contributed by atoms with E-state index in [0.717, 1.165) is 0 Å². The van der Waals surface area contributed by atoms with Crippen LogP contribution in [0.3, 0.4) is 0 Å². The molecule has 5 heteroatoms. The second-order valence-electron chi connectivity index (χ2n) is 3.13. The van der Waals surface area contributed by atoms with Crippen molar-refractivity contribution in [3.8, 4) is 0 Å². The van der Waals surface area contributed by atoms with Crippen LogP contribution in [-0.2, 0) is 4.79 Å². The summed E-state index contributed by atoms with van der Waals surface area (Å²) >= 11 is 0. The lowest BCUT2D eigenvalue weighted by Crippen LogP contribution is -1.99. The fourth-order valence-corrected chi connectivity index (χ4v) is 1.40. The third-order valence-electron chi connectivity index (χ3n) is 2.11. The van der Waals surface area contributed by atoms with Gasteiger partial charge in [-0.05, 0) is 18.2 Å². The van der Waals surface area contributed by atoms with Gasteiger partial charge in [-0.15, -0.1) is 0 Å². The van der Waals surface area contributed by atoms with Crippen molar-refractivity contribution in [3.63, 3.8) is 0 Å². The van der Waals surface area contributed by atoms with Crippen LogP contribution in [0.15, 0.2) is 23.0 Å². The molecule has 2 aromatic rings. The van der Waals surface area contributed by atoms with Crippen molar-refractivity contribution in [3.05, 3.63) is 34.2 Å². The van der Waals surface area contributed by atoms with Gasteiger partial charge in [0.1, 0.15) is 6.29 Å². The minimum absolute atomic E-state index is 0.139. The Hall–Kier alpha value is -2.17. The Kier molecular flexibility index (Phi) is 2.21. The molecule has 0 aliphatic rings. The molecule has 0 saturated heterocycles. The first-order chi connectivity index (χ1) is 7.20. The van der Waals surface area contributed by atoms with Crippen LogP contribution in [0, 0.1) is 0 Å². The maximum Gasteiger partial charge on any atom is 0.323 e. The molecule has 5 nitrogen and oxygen atoms in total. The molecule has 0 saturated carbocycles. The standard InChI is InChI=1S/C10H8N2O3/c13-4-3-9(14)6-1-2-7-8(5-6)12-10(15)11-7/h1-2,4-5H,3H2,(H2,11,12,15). The first-order valence-corrected chi connectivity index (χ1v) is 4.39. The van der Waals surface area contributed by atoms with Crippen molar-refractivity contribution >= 4 is 23.1 Å². The van der Waals surface area contributed by atoms with Crippen molar-refractivity contribution < 1.29 is 9.59 Å². The van der Waals surface area contributed by atoms with Gasteiger partial charge >= 0.3 is 5.69 Å². The number of H-pyrrole nitrogens is 2. The number of aromatic nitrogens is 2. The Morgan fingerprint density at radius 2 is 2.00 bits per heavy atom. The summed E-state index contributed by atoms with van der Waals surface area (Å²) in [6.07, 6.45) is 0.423. The van der Waals surface area contributed by atoms with E-state index in [-0.39, 0.29) is 17.9 Å². The molecule has 0 fully saturated rings. The van der Waals surface area contributed by atoms with Crippen LogP contribution in [0.5, 0.6) is 0 Å². The third kappa shape index (κ3) is 1.71. The van der Waals surface area contributed by atoms with Gasteiger partial charge in [-0.3, -0.25) is 4.79 Å². The number of aromatic amines is 2. The number of carbonyl (C=O) groups excluding carboxylic acids is 2.